The highest BCUT2D eigenvalue weighted by atomic mass is 127. The molecular formula is C10H12IN5O3. The molecule has 1 aliphatic rings. The summed E-state index contributed by atoms with van der Waals surface area (Å²) in [6, 6.07) is 0. The van der Waals surface area contributed by atoms with Gasteiger partial charge in [-0.25, -0.2) is 15.0 Å². The van der Waals surface area contributed by atoms with Crippen molar-refractivity contribution in [2.24, 2.45) is 0 Å². The van der Waals surface area contributed by atoms with Crippen molar-refractivity contribution in [1.29, 1.82) is 0 Å². The lowest BCUT2D eigenvalue weighted by atomic mass is 10.2. The lowest BCUT2D eigenvalue weighted by Gasteiger charge is -2.16. The Morgan fingerprint density at radius 3 is 3.00 bits per heavy atom. The Balaban J connectivity index is 2.06. The molecule has 1 fully saturated rings. The van der Waals surface area contributed by atoms with E-state index in [4.69, 9.17) is 15.6 Å². The summed E-state index contributed by atoms with van der Waals surface area (Å²) in [6.45, 7) is -0.130. The molecular weight excluding hydrogens is 365 g/mol. The molecule has 1 aliphatic heterocycles. The molecule has 0 saturated carbocycles. The average Bonchev–Trinajstić information content (AvgIpc) is 2.92. The van der Waals surface area contributed by atoms with Gasteiger partial charge in [0.2, 0.25) is 0 Å². The van der Waals surface area contributed by atoms with Crippen LogP contribution in [0.2, 0.25) is 0 Å². The maximum atomic E-state index is 10.00. The van der Waals surface area contributed by atoms with Gasteiger partial charge in [0.1, 0.15) is 11.6 Å². The zero-order valence-corrected chi connectivity index (χ0v) is 11.9. The number of fused-ring (bicyclic) bond motifs is 1. The molecule has 0 unspecified atom stereocenters. The van der Waals surface area contributed by atoms with Crippen LogP contribution in [0.3, 0.4) is 0 Å². The van der Waals surface area contributed by atoms with Crippen LogP contribution in [-0.2, 0) is 4.74 Å². The molecule has 4 N–H and O–H groups in total. The van der Waals surface area contributed by atoms with Crippen LogP contribution in [0.1, 0.15) is 12.6 Å². The van der Waals surface area contributed by atoms with Crippen LogP contribution in [0.4, 0.5) is 5.82 Å². The van der Waals surface area contributed by atoms with E-state index < -0.39 is 12.3 Å². The number of hydrogen-bond donors (Lipinski definition) is 3. The lowest BCUT2D eigenvalue weighted by Crippen LogP contribution is -2.19. The van der Waals surface area contributed by atoms with Gasteiger partial charge in [0.05, 0.1) is 19.0 Å². The van der Waals surface area contributed by atoms with E-state index in [1.807, 2.05) is 22.6 Å². The van der Waals surface area contributed by atoms with Gasteiger partial charge in [-0.3, -0.25) is 4.57 Å². The van der Waals surface area contributed by atoms with Crippen LogP contribution >= 0.6 is 22.6 Å². The Hall–Kier alpha value is -1.04. The minimum absolute atomic E-state index is 0.130. The molecule has 2 aromatic rings. The van der Waals surface area contributed by atoms with Gasteiger partial charge in [-0.15, -0.1) is 0 Å². The summed E-state index contributed by atoms with van der Waals surface area (Å²) < 4.78 is 7.69. The molecule has 0 amide bonds. The molecule has 3 atom stereocenters. The van der Waals surface area contributed by atoms with E-state index in [0.717, 1.165) is 0 Å². The lowest BCUT2D eigenvalue weighted by molar-refractivity contribution is -0.0487. The predicted molar refractivity (Wildman–Crippen MR) is 74.1 cm³/mol. The van der Waals surface area contributed by atoms with Gasteiger partial charge in [-0.05, 0) is 0 Å². The quantitative estimate of drug-likeness (QED) is 0.484. The molecule has 102 valence electrons. The number of anilines is 1. The molecule has 9 heteroatoms. The third kappa shape index (κ3) is 2.16. The molecule has 0 radical (unpaired) electrons. The molecule has 0 spiro atoms. The molecule has 0 aliphatic carbocycles. The first-order valence-corrected chi connectivity index (χ1v) is 6.78. The summed E-state index contributed by atoms with van der Waals surface area (Å²) in [5.74, 6) is 0.291. The summed E-state index contributed by atoms with van der Waals surface area (Å²) >= 11 is 1.96. The number of nitrogen functional groups attached to an aromatic ring is 1. The molecule has 0 bridgehead atoms. The van der Waals surface area contributed by atoms with E-state index in [-0.39, 0.29) is 12.7 Å². The molecule has 2 aromatic heterocycles. The Kier molecular flexibility index (Phi) is 3.28. The Labute approximate surface area is 121 Å². The van der Waals surface area contributed by atoms with E-state index in [2.05, 4.69) is 15.0 Å². The third-order valence-corrected chi connectivity index (χ3v) is 3.55. The summed E-state index contributed by atoms with van der Waals surface area (Å²) in [7, 11) is 0. The highest BCUT2D eigenvalue weighted by molar-refractivity contribution is 14.1. The Morgan fingerprint density at radius 2 is 2.32 bits per heavy atom. The average molecular weight is 377 g/mol. The standard InChI is InChI=1S/C10H12IN5O3/c11-10-14-7(12)6-8(15-10)16(3-13-6)9-5(18)1-4(2-17)19-9/h3-5,9,17-18H,1-2H2,(H2,12,14,15)/t4-,5+,9+/m0/s1. The fourth-order valence-electron chi connectivity index (χ4n) is 2.19. The van der Waals surface area contributed by atoms with E-state index in [1.165, 1.54) is 6.33 Å². The minimum Gasteiger partial charge on any atom is -0.394 e. The van der Waals surface area contributed by atoms with Crippen molar-refractivity contribution in [1.82, 2.24) is 19.5 Å². The van der Waals surface area contributed by atoms with Gasteiger partial charge in [-0.2, -0.15) is 0 Å². The van der Waals surface area contributed by atoms with E-state index in [0.29, 0.717) is 27.2 Å². The largest absolute Gasteiger partial charge is 0.394 e. The van der Waals surface area contributed by atoms with Crippen molar-refractivity contribution in [3.63, 3.8) is 0 Å². The van der Waals surface area contributed by atoms with Gasteiger partial charge in [-0.1, -0.05) is 0 Å². The summed E-state index contributed by atoms with van der Waals surface area (Å²) in [5, 5.41) is 19.1. The number of halogens is 1. The monoisotopic (exact) mass is 377 g/mol. The van der Waals surface area contributed by atoms with Crippen LogP contribution in [0.15, 0.2) is 6.33 Å². The molecule has 8 nitrogen and oxygen atoms in total. The second-order valence-electron chi connectivity index (χ2n) is 4.34. The zero-order valence-electron chi connectivity index (χ0n) is 9.77. The van der Waals surface area contributed by atoms with Crippen molar-refractivity contribution in [2.45, 2.75) is 24.9 Å². The van der Waals surface area contributed by atoms with Crippen LogP contribution in [0.5, 0.6) is 0 Å². The third-order valence-electron chi connectivity index (χ3n) is 3.06. The smallest absolute Gasteiger partial charge is 0.194 e. The molecule has 3 heterocycles. The normalized spacial score (nSPS) is 27.2. The SMILES string of the molecule is Nc1nc(I)nc2c1ncn2[C@@H]1O[C@H](CO)C[C@H]1O. The summed E-state index contributed by atoms with van der Waals surface area (Å²) in [5.41, 5.74) is 6.77. The van der Waals surface area contributed by atoms with Gasteiger partial charge in [0.15, 0.2) is 21.5 Å². The minimum atomic E-state index is -0.719. The first-order valence-electron chi connectivity index (χ1n) is 5.70. The van der Waals surface area contributed by atoms with E-state index >= 15 is 0 Å². The number of rotatable bonds is 2. The number of aromatic nitrogens is 4. The Bertz CT molecular complexity index is 618. The van der Waals surface area contributed by atoms with Gasteiger partial charge in [0.25, 0.3) is 0 Å². The number of ether oxygens (including phenoxy) is 1. The predicted octanol–water partition coefficient (Wildman–Crippen LogP) is -0.346. The van der Waals surface area contributed by atoms with E-state index in [9.17, 15) is 5.11 Å². The molecule has 3 rings (SSSR count). The summed E-state index contributed by atoms with van der Waals surface area (Å²) in [6.07, 6.45) is 0.170. The van der Waals surface area contributed by atoms with Crippen molar-refractivity contribution in [3.05, 3.63) is 10.2 Å². The van der Waals surface area contributed by atoms with Crippen molar-refractivity contribution < 1.29 is 14.9 Å². The number of aliphatic hydroxyl groups excluding tert-OH is 2. The molecule has 19 heavy (non-hydrogen) atoms. The van der Waals surface area contributed by atoms with Crippen LogP contribution < -0.4 is 5.73 Å². The number of nitrogens with two attached hydrogens (primary N) is 1. The topological polar surface area (TPSA) is 119 Å². The van der Waals surface area contributed by atoms with Crippen LogP contribution in [0.25, 0.3) is 11.2 Å². The molecule has 1 saturated heterocycles. The first kappa shape index (κ1) is 13.0. The van der Waals surface area contributed by atoms with E-state index in [1.54, 1.807) is 4.57 Å². The van der Waals surface area contributed by atoms with Crippen molar-refractivity contribution in [2.75, 3.05) is 12.3 Å². The van der Waals surface area contributed by atoms with Gasteiger partial charge in [0, 0.05) is 29.0 Å². The molecule has 0 aromatic carbocycles. The highest BCUT2D eigenvalue weighted by Gasteiger charge is 2.36. The van der Waals surface area contributed by atoms with Crippen molar-refractivity contribution in [3.8, 4) is 0 Å². The maximum Gasteiger partial charge on any atom is 0.194 e. The first-order chi connectivity index (χ1) is 9.10. The number of aliphatic hydroxyl groups is 2. The van der Waals surface area contributed by atoms with Crippen LogP contribution in [0, 0.1) is 3.83 Å². The summed E-state index contributed by atoms with van der Waals surface area (Å²) in [4.78, 5) is 12.4. The zero-order chi connectivity index (χ0) is 13.6. The Morgan fingerprint density at radius 1 is 1.53 bits per heavy atom. The highest BCUT2D eigenvalue weighted by Crippen LogP contribution is 2.31. The number of nitrogens with zero attached hydrogens (tertiary/aromatic N) is 4. The fourth-order valence-corrected chi connectivity index (χ4v) is 2.68. The number of hydrogen-bond acceptors (Lipinski definition) is 7. The van der Waals surface area contributed by atoms with Gasteiger partial charge < -0.3 is 20.7 Å². The second kappa shape index (κ2) is 4.81. The van der Waals surface area contributed by atoms with Crippen LogP contribution in [-0.4, -0.2) is 48.5 Å². The van der Waals surface area contributed by atoms with Crippen molar-refractivity contribution >= 4 is 39.6 Å². The fraction of sp³-hybridized carbons (Fsp3) is 0.500. The van der Waals surface area contributed by atoms with Gasteiger partial charge >= 0.3 is 0 Å². The second-order valence-corrected chi connectivity index (χ2v) is 5.30. The number of imidazole rings is 1. The maximum absolute atomic E-state index is 10.00.